The Kier molecular flexibility index (Phi) is 3.19. The van der Waals surface area contributed by atoms with Gasteiger partial charge >= 0.3 is 0 Å². The minimum Gasteiger partial charge on any atom is -0.346 e. The Morgan fingerprint density at radius 1 is 1.06 bits per heavy atom. The van der Waals surface area contributed by atoms with Crippen molar-refractivity contribution >= 4 is 0 Å². The second kappa shape index (κ2) is 4.81. The standard InChI is InChI=1S/C14H23N3/c1-10-13(11-5-3-2-4-6-11)17-14(16-10)12-7-8-15-9-12/h11-12,15H,2-9H2,1H3,(H,16,17). The van der Waals surface area contributed by atoms with E-state index in [-0.39, 0.29) is 0 Å². The number of nitrogens with zero attached hydrogens (tertiary/aromatic N) is 1. The summed E-state index contributed by atoms with van der Waals surface area (Å²) in [6, 6.07) is 0. The molecular formula is C14H23N3. The topological polar surface area (TPSA) is 40.7 Å². The lowest BCUT2D eigenvalue weighted by molar-refractivity contribution is 0.435. The van der Waals surface area contributed by atoms with Crippen molar-refractivity contribution in [3.63, 3.8) is 0 Å². The summed E-state index contributed by atoms with van der Waals surface area (Å²) in [5.41, 5.74) is 2.69. The van der Waals surface area contributed by atoms with Crippen LogP contribution in [0.15, 0.2) is 0 Å². The van der Waals surface area contributed by atoms with Crippen molar-refractivity contribution in [1.29, 1.82) is 0 Å². The molecule has 0 bridgehead atoms. The molecule has 2 heterocycles. The molecule has 1 aliphatic heterocycles. The van der Waals surface area contributed by atoms with Crippen LogP contribution in [0.4, 0.5) is 0 Å². The number of hydrogen-bond donors (Lipinski definition) is 2. The molecule has 0 spiro atoms. The van der Waals surface area contributed by atoms with Gasteiger partial charge in [-0.2, -0.15) is 0 Å². The fourth-order valence-corrected chi connectivity index (χ4v) is 3.35. The third-order valence-corrected chi connectivity index (χ3v) is 4.38. The van der Waals surface area contributed by atoms with E-state index in [1.807, 2.05) is 0 Å². The van der Waals surface area contributed by atoms with Gasteiger partial charge in [-0.25, -0.2) is 4.98 Å². The molecule has 1 aromatic rings. The van der Waals surface area contributed by atoms with Crippen LogP contribution in [0.5, 0.6) is 0 Å². The van der Waals surface area contributed by atoms with Crippen LogP contribution in [-0.4, -0.2) is 23.1 Å². The van der Waals surface area contributed by atoms with Crippen LogP contribution in [0.3, 0.4) is 0 Å². The van der Waals surface area contributed by atoms with Gasteiger partial charge in [0.25, 0.3) is 0 Å². The van der Waals surface area contributed by atoms with Gasteiger partial charge < -0.3 is 10.3 Å². The normalized spacial score (nSPS) is 26.5. The average Bonchev–Trinajstić information content (AvgIpc) is 2.99. The van der Waals surface area contributed by atoms with E-state index in [2.05, 4.69) is 17.2 Å². The molecule has 94 valence electrons. The first-order valence-corrected chi connectivity index (χ1v) is 7.11. The molecule has 2 fully saturated rings. The van der Waals surface area contributed by atoms with Gasteiger partial charge in [-0.3, -0.25) is 0 Å². The van der Waals surface area contributed by atoms with E-state index < -0.39 is 0 Å². The largest absolute Gasteiger partial charge is 0.346 e. The summed E-state index contributed by atoms with van der Waals surface area (Å²) in [5, 5.41) is 3.42. The second-order valence-electron chi connectivity index (χ2n) is 5.66. The quantitative estimate of drug-likeness (QED) is 0.824. The molecule has 3 nitrogen and oxygen atoms in total. The van der Waals surface area contributed by atoms with Gasteiger partial charge in [-0.15, -0.1) is 0 Å². The van der Waals surface area contributed by atoms with E-state index in [0.29, 0.717) is 5.92 Å². The number of imidazole rings is 1. The molecule has 0 radical (unpaired) electrons. The molecule has 1 aliphatic carbocycles. The summed E-state index contributed by atoms with van der Waals surface area (Å²) >= 11 is 0. The van der Waals surface area contributed by atoms with Gasteiger partial charge in [0.05, 0.1) is 5.69 Å². The fourth-order valence-electron chi connectivity index (χ4n) is 3.35. The van der Waals surface area contributed by atoms with Crippen LogP contribution >= 0.6 is 0 Å². The number of aromatic amines is 1. The van der Waals surface area contributed by atoms with Crippen LogP contribution in [0.25, 0.3) is 0 Å². The zero-order chi connectivity index (χ0) is 11.7. The highest BCUT2D eigenvalue weighted by molar-refractivity contribution is 5.20. The van der Waals surface area contributed by atoms with Crippen LogP contribution in [0.2, 0.25) is 0 Å². The molecular weight excluding hydrogens is 210 g/mol. The van der Waals surface area contributed by atoms with Crippen molar-refractivity contribution in [2.45, 2.75) is 57.3 Å². The molecule has 1 atom stereocenters. The Bertz CT molecular complexity index is 371. The third kappa shape index (κ3) is 2.25. The van der Waals surface area contributed by atoms with Gasteiger partial charge in [-0.1, -0.05) is 19.3 Å². The molecule has 3 heteroatoms. The first kappa shape index (κ1) is 11.3. The maximum Gasteiger partial charge on any atom is 0.111 e. The maximum atomic E-state index is 4.92. The predicted molar refractivity (Wildman–Crippen MR) is 69.4 cm³/mol. The minimum atomic E-state index is 0.617. The van der Waals surface area contributed by atoms with Crippen LogP contribution in [0, 0.1) is 6.92 Å². The Morgan fingerprint density at radius 3 is 2.59 bits per heavy atom. The Balaban J connectivity index is 1.79. The van der Waals surface area contributed by atoms with Crippen LogP contribution < -0.4 is 5.32 Å². The lowest BCUT2D eigenvalue weighted by atomic mass is 9.86. The van der Waals surface area contributed by atoms with Gasteiger partial charge in [0, 0.05) is 24.1 Å². The van der Waals surface area contributed by atoms with Gasteiger partial charge in [0.2, 0.25) is 0 Å². The molecule has 0 amide bonds. The number of aromatic nitrogens is 2. The molecule has 3 rings (SSSR count). The Morgan fingerprint density at radius 2 is 1.88 bits per heavy atom. The fraction of sp³-hybridized carbons (Fsp3) is 0.786. The van der Waals surface area contributed by atoms with Crippen molar-refractivity contribution in [3.05, 3.63) is 17.2 Å². The summed E-state index contributed by atoms with van der Waals surface area (Å²) in [5.74, 6) is 2.57. The summed E-state index contributed by atoms with van der Waals surface area (Å²) in [4.78, 5) is 8.45. The zero-order valence-corrected chi connectivity index (χ0v) is 10.8. The van der Waals surface area contributed by atoms with E-state index >= 15 is 0 Å². The van der Waals surface area contributed by atoms with Crippen molar-refractivity contribution in [1.82, 2.24) is 15.3 Å². The summed E-state index contributed by atoms with van der Waals surface area (Å²) in [7, 11) is 0. The molecule has 1 saturated heterocycles. The van der Waals surface area contributed by atoms with Crippen molar-refractivity contribution in [2.24, 2.45) is 0 Å². The average molecular weight is 233 g/mol. The molecule has 2 N–H and O–H groups in total. The van der Waals surface area contributed by atoms with E-state index in [1.165, 1.54) is 55.7 Å². The molecule has 2 aliphatic rings. The van der Waals surface area contributed by atoms with Gasteiger partial charge in [0.1, 0.15) is 5.82 Å². The van der Waals surface area contributed by atoms with Crippen molar-refractivity contribution in [3.8, 4) is 0 Å². The lowest BCUT2D eigenvalue weighted by Gasteiger charge is -2.20. The maximum absolute atomic E-state index is 4.92. The highest BCUT2D eigenvalue weighted by atomic mass is 15.0. The smallest absolute Gasteiger partial charge is 0.111 e. The number of nitrogens with one attached hydrogen (secondary N) is 2. The number of aryl methyl sites for hydroxylation is 1. The van der Waals surface area contributed by atoms with E-state index in [1.54, 1.807) is 0 Å². The van der Waals surface area contributed by atoms with E-state index in [0.717, 1.165) is 19.0 Å². The number of H-pyrrole nitrogens is 1. The third-order valence-electron chi connectivity index (χ3n) is 4.38. The molecule has 1 unspecified atom stereocenters. The predicted octanol–water partition coefficient (Wildman–Crippen LogP) is 2.84. The van der Waals surface area contributed by atoms with Gasteiger partial charge in [-0.05, 0) is 32.7 Å². The highest BCUT2D eigenvalue weighted by Crippen LogP contribution is 2.34. The molecule has 1 aromatic heterocycles. The second-order valence-corrected chi connectivity index (χ2v) is 5.66. The summed E-state index contributed by atoms with van der Waals surface area (Å²) in [6.07, 6.45) is 8.10. The van der Waals surface area contributed by atoms with Crippen LogP contribution in [-0.2, 0) is 0 Å². The summed E-state index contributed by atoms with van der Waals surface area (Å²) in [6.45, 7) is 4.43. The van der Waals surface area contributed by atoms with Crippen molar-refractivity contribution in [2.75, 3.05) is 13.1 Å². The minimum absolute atomic E-state index is 0.617. The highest BCUT2D eigenvalue weighted by Gasteiger charge is 2.24. The number of rotatable bonds is 2. The molecule has 0 aromatic carbocycles. The number of hydrogen-bond acceptors (Lipinski definition) is 2. The lowest BCUT2D eigenvalue weighted by Crippen LogP contribution is -2.09. The first-order valence-electron chi connectivity index (χ1n) is 7.11. The molecule has 1 saturated carbocycles. The molecule has 17 heavy (non-hydrogen) atoms. The van der Waals surface area contributed by atoms with E-state index in [4.69, 9.17) is 4.98 Å². The Labute approximate surface area is 103 Å². The van der Waals surface area contributed by atoms with Gasteiger partial charge in [0.15, 0.2) is 0 Å². The monoisotopic (exact) mass is 233 g/mol. The van der Waals surface area contributed by atoms with E-state index in [9.17, 15) is 0 Å². The SMILES string of the molecule is Cc1[nH]c(C2CCNC2)nc1C1CCCCC1. The summed E-state index contributed by atoms with van der Waals surface area (Å²) < 4.78 is 0. The van der Waals surface area contributed by atoms with Crippen molar-refractivity contribution < 1.29 is 0 Å². The van der Waals surface area contributed by atoms with Crippen LogP contribution in [0.1, 0.15) is 67.6 Å². The first-order chi connectivity index (χ1) is 8.34. The Hall–Kier alpha value is -0.830. The zero-order valence-electron chi connectivity index (χ0n) is 10.8.